The van der Waals surface area contributed by atoms with Gasteiger partial charge in [-0.15, -0.1) is 0 Å². The molecule has 4 rings (SSSR count). The van der Waals surface area contributed by atoms with Gasteiger partial charge in [-0.1, -0.05) is 36.0 Å². The molecule has 3 atom stereocenters. The molecule has 34 heavy (non-hydrogen) atoms. The number of fused-ring (bicyclic) bond motifs is 1. The van der Waals surface area contributed by atoms with Crippen molar-refractivity contribution in [1.82, 2.24) is 20.9 Å². The van der Waals surface area contributed by atoms with Gasteiger partial charge in [0.25, 0.3) is 5.91 Å². The Morgan fingerprint density at radius 1 is 1.06 bits per heavy atom. The number of nitrogens with two attached hydrogens (primary N) is 1. The van der Waals surface area contributed by atoms with E-state index in [1.165, 1.54) is 0 Å². The fourth-order valence-corrected chi connectivity index (χ4v) is 4.85. The molecule has 1 saturated carbocycles. The standard InChI is InChI=1S/C23H27Cl2N5O4/c24-13-8-15(25)14-10-19(28-16(14)9-13)23(34)30-18(6-11-3-4-11)22(33)29-17(20(26)31)7-12-2-1-5-27-21(12)32/h8-12,17-18,28H,1-7H2,(H2,26,31)(H,27,32)(H,29,33)(H,30,34)/t12-,17-,18-/m0/s1. The van der Waals surface area contributed by atoms with Crippen molar-refractivity contribution in [3.05, 3.63) is 33.9 Å². The van der Waals surface area contributed by atoms with Crippen molar-refractivity contribution < 1.29 is 19.2 Å². The first-order chi connectivity index (χ1) is 16.2. The van der Waals surface area contributed by atoms with Crippen LogP contribution in [0.3, 0.4) is 0 Å². The summed E-state index contributed by atoms with van der Waals surface area (Å²) in [5.74, 6) is -1.92. The molecule has 182 valence electrons. The number of aromatic amines is 1. The van der Waals surface area contributed by atoms with E-state index in [1.54, 1.807) is 18.2 Å². The number of hydrogen-bond acceptors (Lipinski definition) is 4. The molecule has 1 saturated heterocycles. The quantitative estimate of drug-likeness (QED) is 0.354. The third-order valence-corrected chi connectivity index (χ3v) is 6.90. The number of H-pyrrole nitrogens is 1. The Balaban J connectivity index is 1.46. The summed E-state index contributed by atoms with van der Waals surface area (Å²) in [5.41, 5.74) is 6.36. The van der Waals surface area contributed by atoms with Crippen LogP contribution in [-0.2, 0) is 14.4 Å². The molecule has 11 heteroatoms. The summed E-state index contributed by atoms with van der Waals surface area (Å²) in [6, 6.07) is 2.98. The van der Waals surface area contributed by atoms with Gasteiger partial charge in [-0.05, 0) is 49.8 Å². The van der Waals surface area contributed by atoms with Gasteiger partial charge in [-0.3, -0.25) is 19.2 Å². The van der Waals surface area contributed by atoms with Gasteiger partial charge >= 0.3 is 0 Å². The molecule has 0 radical (unpaired) electrons. The van der Waals surface area contributed by atoms with E-state index in [4.69, 9.17) is 28.9 Å². The zero-order valence-electron chi connectivity index (χ0n) is 18.5. The molecule has 0 unspecified atom stereocenters. The van der Waals surface area contributed by atoms with Crippen LogP contribution in [0.5, 0.6) is 0 Å². The van der Waals surface area contributed by atoms with Crippen LogP contribution >= 0.6 is 23.2 Å². The first-order valence-electron chi connectivity index (χ1n) is 11.4. The van der Waals surface area contributed by atoms with Gasteiger partial charge in [0.05, 0.1) is 5.02 Å². The van der Waals surface area contributed by atoms with E-state index in [9.17, 15) is 19.2 Å². The molecular formula is C23H27Cl2N5O4. The largest absolute Gasteiger partial charge is 0.368 e. The predicted octanol–water partition coefficient (Wildman–Crippen LogP) is 2.26. The second-order valence-corrected chi connectivity index (χ2v) is 9.91. The highest BCUT2D eigenvalue weighted by atomic mass is 35.5. The van der Waals surface area contributed by atoms with Gasteiger partial charge in [-0.25, -0.2) is 0 Å². The summed E-state index contributed by atoms with van der Waals surface area (Å²) in [7, 11) is 0. The molecule has 2 fully saturated rings. The average Bonchev–Trinajstić information content (AvgIpc) is 3.49. The molecule has 6 N–H and O–H groups in total. The third-order valence-electron chi connectivity index (χ3n) is 6.36. The van der Waals surface area contributed by atoms with Crippen molar-refractivity contribution in [3.63, 3.8) is 0 Å². The summed E-state index contributed by atoms with van der Waals surface area (Å²) in [6.07, 6.45) is 3.94. The molecule has 1 aromatic carbocycles. The number of nitrogens with one attached hydrogen (secondary N) is 4. The van der Waals surface area contributed by atoms with Crippen LogP contribution in [0.1, 0.15) is 49.0 Å². The number of halogens is 2. The monoisotopic (exact) mass is 507 g/mol. The van der Waals surface area contributed by atoms with Gasteiger partial charge in [0.15, 0.2) is 0 Å². The molecule has 1 aromatic heterocycles. The van der Waals surface area contributed by atoms with Crippen molar-refractivity contribution in [2.45, 2.75) is 50.6 Å². The van der Waals surface area contributed by atoms with Crippen LogP contribution in [-0.4, -0.2) is 47.2 Å². The molecule has 2 heterocycles. The van der Waals surface area contributed by atoms with Crippen LogP contribution in [0.4, 0.5) is 0 Å². The number of benzene rings is 1. The highest BCUT2D eigenvalue weighted by Gasteiger charge is 2.34. The number of amides is 4. The van der Waals surface area contributed by atoms with Crippen LogP contribution in [0.2, 0.25) is 10.0 Å². The van der Waals surface area contributed by atoms with Crippen molar-refractivity contribution in [2.24, 2.45) is 17.6 Å². The third kappa shape index (κ3) is 5.82. The Labute approximate surface area is 206 Å². The van der Waals surface area contributed by atoms with Crippen molar-refractivity contribution >= 4 is 57.7 Å². The number of carbonyl (C=O) groups excluding carboxylic acids is 4. The molecular weight excluding hydrogens is 481 g/mol. The lowest BCUT2D eigenvalue weighted by Crippen LogP contribution is -2.54. The summed E-state index contributed by atoms with van der Waals surface area (Å²) in [6.45, 7) is 0.601. The average molecular weight is 508 g/mol. The van der Waals surface area contributed by atoms with Gasteiger partial charge < -0.3 is 26.7 Å². The summed E-state index contributed by atoms with van der Waals surface area (Å²) < 4.78 is 0. The molecule has 4 amide bonds. The van der Waals surface area contributed by atoms with E-state index in [1.807, 2.05) is 0 Å². The van der Waals surface area contributed by atoms with E-state index in [0.29, 0.717) is 46.3 Å². The summed E-state index contributed by atoms with van der Waals surface area (Å²) >= 11 is 12.3. The van der Waals surface area contributed by atoms with Crippen molar-refractivity contribution in [1.29, 1.82) is 0 Å². The van der Waals surface area contributed by atoms with Crippen molar-refractivity contribution in [3.8, 4) is 0 Å². The molecule has 2 aromatic rings. The van der Waals surface area contributed by atoms with Crippen LogP contribution in [0.15, 0.2) is 18.2 Å². The highest BCUT2D eigenvalue weighted by Crippen LogP contribution is 2.34. The molecule has 2 aliphatic rings. The fraction of sp³-hybridized carbons (Fsp3) is 0.478. The maximum atomic E-state index is 13.1. The Bertz CT molecular complexity index is 1130. The first-order valence-corrected chi connectivity index (χ1v) is 12.1. The molecule has 9 nitrogen and oxygen atoms in total. The molecule has 0 bridgehead atoms. The maximum absolute atomic E-state index is 13.1. The van der Waals surface area contributed by atoms with Gasteiger partial charge in [0.1, 0.15) is 17.8 Å². The summed E-state index contributed by atoms with van der Waals surface area (Å²) in [5, 5.41) is 9.67. The zero-order chi connectivity index (χ0) is 24.4. The van der Waals surface area contributed by atoms with Crippen LogP contribution < -0.4 is 21.7 Å². The Kier molecular flexibility index (Phi) is 7.33. The molecule has 1 aliphatic heterocycles. The Morgan fingerprint density at radius 2 is 1.82 bits per heavy atom. The maximum Gasteiger partial charge on any atom is 0.268 e. The van der Waals surface area contributed by atoms with E-state index in [0.717, 1.165) is 19.3 Å². The van der Waals surface area contributed by atoms with Crippen LogP contribution in [0.25, 0.3) is 10.9 Å². The SMILES string of the molecule is NC(=O)[C@H](C[C@@H]1CCCNC1=O)NC(=O)[C@H](CC1CC1)NC(=O)c1cc2c(Cl)cc(Cl)cc2[nH]1. The van der Waals surface area contributed by atoms with E-state index < -0.39 is 35.7 Å². The number of rotatable bonds is 9. The Morgan fingerprint density at radius 3 is 2.50 bits per heavy atom. The number of aromatic nitrogens is 1. The lowest BCUT2D eigenvalue weighted by molar-refractivity contribution is -0.131. The predicted molar refractivity (Wildman–Crippen MR) is 128 cm³/mol. The minimum absolute atomic E-state index is 0.123. The lowest BCUT2D eigenvalue weighted by Gasteiger charge is -2.27. The minimum Gasteiger partial charge on any atom is -0.368 e. The second-order valence-electron chi connectivity index (χ2n) is 9.07. The van der Waals surface area contributed by atoms with E-state index in [-0.39, 0.29) is 18.0 Å². The number of piperidine rings is 1. The summed E-state index contributed by atoms with van der Waals surface area (Å²) in [4.78, 5) is 53.2. The van der Waals surface area contributed by atoms with Gasteiger partial charge in [-0.2, -0.15) is 0 Å². The topological polar surface area (TPSA) is 146 Å². The normalized spacial score (nSPS) is 19.8. The van der Waals surface area contributed by atoms with E-state index >= 15 is 0 Å². The Hall–Kier alpha value is -2.78. The number of primary amides is 1. The van der Waals surface area contributed by atoms with Gasteiger partial charge in [0.2, 0.25) is 17.7 Å². The van der Waals surface area contributed by atoms with Crippen molar-refractivity contribution in [2.75, 3.05) is 6.54 Å². The lowest BCUT2D eigenvalue weighted by atomic mass is 9.91. The minimum atomic E-state index is -1.01. The first kappa shape index (κ1) is 24.3. The number of carbonyl (C=O) groups is 4. The molecule has 1 aliphatic carbocycles. The zero-order valence-corrected chi connectivity index (χ0v) is 20.0. The van der Waals surface area contributed by atoms with Gasteiger partial charge in [0, 0.05) is 28.4 Å². The second kappa shape index (κ2) is 10.2. The number of hydrogen-bond donors (Lipinski definition) is 5. The van der Waals surface area contributed by atoms with Crippen LogP contribution in [0, 0.1) is 11.8 Å². The highest BCUT2D eigenvalue weighted by molar-refractivity contribution is 6.38. The van der Waals surface area contributed by atoms with E-state index in [2.05, 4.69) is 20.9 Å². The fourth-order valence-electron chi connectivity index (χ4n) is 4.30. The molecule has 0 spiro atoms. The smallest absolute Gasteiger partial charge is 0.268 e.